The number of aryl methyl sites for hydroxylation is 1. The lowest BCUT2D eigenvalue weighted by Gasteiger charge is -2.30. The predicted molar refractivity (Wildman–Crippen MR) is 152 cm³/mol. The predicted octanol–water partition coefficient (Wildman–Crippen LogP) is 4.07. The van der Waals surface area contributed by atoms with Crippen LogP contribution in [-0.2, 0) is 26.3 Å². The highest BCUT2D eigenvalue weighted by Gasteiger charge is 2.70. The highest BCUT2D eigenvalue weighted by molar-refractivity contribution is 6.31. The smallest absolute Gasteiger partial charge is 0.250 e. The van der Waals surface area contributed by atoms with Crippen molar-refractivity contribution in [3.8, 4) is 11.5 Å². The molecule has 8 rings (SSSR count). The van der Waals surface area contributed by atoms with Crippen molar-refractivity contribution in [1.82, 2.24) is 10.3 Å². The number of aromatic amines is 1. The van der Waals surface area contributed by atoms with Gasteiger partial charge in [0.2, 0.25) is 17.7 Å². The Labute approximate surface area is 239 Å². The molecule has 0 radical (unpaired) electrons. The van der Waals surface area contributed by atoms with E-state index in [2.05, 4.69) is 15.6 Å². The lowest BCUT2D eigenvalue weighted by molar-refractivity contribution is -0.130. The standard InChI is InChI=1S/C31H25ClN4O5/c1-15-10-17(32)12-20-27(15)34-30(39)31(20)26-25(22(35-31)11-16-14-33-21-5-3-2-4-19(16)21)28(37)36(29(26)38)18-6-7-23-24(13-18)41-9-8-40-23/h2-7,10,12-14,22,25-26,33,35H,8-9,11H2,1H3,(H,34,39)/t22-,25+,26+,31-/m1/s1. The Morgan fingerprint density at radius 1 is 1.00 bits per heavy atom. The number of imide groups is 1. The number of halogens is 1. The van der Waals surface area contributed by atoms with Gasteiger partial charge in [0.05, 0.1) is 17.5 Å². The Balaban J connectivity index is 1.28. The number of hydrogen-bond acceptors (Lipinski definition) is 6. The summed E-state index contributed by atoms with van der Waals surface area (Å²) in [6.45, 7) is 2.67. The van der Waals surface area contributed by atoms with Gasteiger partial charge in [-0.15, -0.1) is 0 Å². The lowest BCUT2D eigenvalue weighted by atomic mass is 9.76. The van der Waals surface area contributed by atoms with Gasteiger partial charge in [-0.3, -0.25) is 19.7 Å². The molecule has 9 nitrogen and oxygen atoms in total. The fourth-order valence-electron chi connectivity index (χ4n) is 7.17. The zero-order chi connectivity index (χ0) is 28.0. The number of ether oxygens (including phenoxy) is 2. The number of H-pyrrole nitrogens is 1. The minimum absolute atomic E-state index is 0.356. The fourth-order valence-corrected chi connectivity index (χ4v) is 7.44. The molecular formula is C31H25ClN4O5. The van der Waals surface area contributed by atoms with Crippen molar-refractivity contribution in [2.45, 2.75) is 24.9 Å². The molecule has 0 bridgehead atoms. The van der Waals surface area contributed by atoms with Crippen LogP contribution in [0.5, 0.6) is 11.5 Å². The van der Waals surface area contributed by atoms with E-state index < -0.39 is 29.3 Å². The van der Waals surface area contributed by atoms with Gasteiger partial charge in [0.15, 0.2) is 11.5 Å². The first-order valence-corrected chi connectivity index (χ1v) is 14.0. The highest BCUT2D eigenvalue weighted by Crippen LogP contribution is 2.55. The summed E-state index contributed by atoms with van der Waals surface area (Å²) in [5, 5.41) is 8.00. The van der Waals surface area contributed by atoms with Crippen LogP contribution in [0, 0.1) is 18.8 Å². The first-order chi connectivity index (χ1) is 19.9. The number of amides is 3. The van der Waals surface area contributed by atoms with E-state index in [0.29, 0.717) is 53.1 Å². The second-order valence-corrected chi connectivity index (χ2v) is 11.5. The number of fused-ring (bicyclic) bond motifs is 6. The fraction of sp³-hybridized carbons (Fsp3) is 0.258. The first-order valence-electron chi connectivity index (χ1n) is 13.6. The van der Waals surface area contributed by atoms with Crippen molar-refractivity contribution < 1.29 is 23.9 Å². The summed E-state index contributed by atoms with van der Waals surface area (Å²) >= 11 is 6.50. The van der Waals surface area contributed by atoms with Crippen LogP contribution in [0.25, 0.3) is 10.9 Å². The van der Waals surface area contributed by atoms with Crippen molar-refractivity contribution in [2.24, 2.45) is 11.8 Å². The maximum Gasteiger partial charge on any atom is 0.250 e. The van der Waals surface area contributed by atoms with Crippen molar-refractivity contribution in [1.29, 1.82) is 0 Å². The number of nitrogens with one attached hydrogen (secondary N) is 3. The van der Waals surface area contributed by atoms with E-state index in [9.17, 15) is 14.4 Å². The van der Waals surface area contributed by atoms with E-state index >= 15 is 0 Å². The van der Waals surface area contributed by atoms with Crippen LogP contribution in [0.4, 0.5) is 11.4 Å². The Morgan fingerprint density at radius 3 is 2.66 bits per heavy atom. The van der Waals surface area contributed by atoms with Crippen LogP contribution in [0.3, 0.4) is 0 Å². The molecule has 4 aromatic rings. The minimum Gasteiger partial charge on any atom is -0.486 e. The number of para-hydroxylation sites is 1. The number of carbonyl (C=O) groups excluding carboxylic acids is 3. The van der Waals surface area contributed by atoms with Gasteiger partial charge in [-0.2, -0.15) is 0 Å². The molecule has 2 fully saturated rings. The summed E-state index contributed by atoms with van der Waals surface area (Å²) in [6, 6.07) is 16.0. The van der Waals surface area contributed by atoms with Gasteiger partial charge < -0.3 is 19.8 Å². The van der Waals surface area contributed by atoms with Crippen LogP contribution >= 0.6 is 11.6 Å². The first kappa shape index (κ1) is 24.5. The molecule has 41 heavy (non-hydrogen) atoms. The third kappa shape index (κ3) is 3.30. The van der Waals surface area contributed by atoms with E-state index in [4.69, 9.17) is 21.1 Å². The number of anilines is 2. The third-order valence-electron chi connectivity index (χ3n) is 8.88. The Kier molecular flexibility index (Phi) is 5.12. The monoisotopic (exact) mass is 568 g/mol. The quantitative estimate of drug-likeness (QED) is 0.321. The zero-order valence-electron chi connectivity index (χ0n) is 22.0. The normalized spacial score (nSPS) is 26.1. The Bertz CT molecular complexity index is 1820. The maximum absolute atomic E-state index is 14.4. The summed E-state index contributed by atoms with van der Waals surface area (Å²) in [5.74, 6) is -1.89. The number of rotatable bonds is 3. The summed E-state index contributed by atoms with van der Waals surface area (Å²) in [6.07, 6.45) is 2.36. The second kappa shape index (κ2) is 8.58. The van der Waals surface area contributed by atoms with Gasteiger partial charge in [0, 0.05) is 45.5 Å². The molecule has 3 aromatic carbocycles. The van der Waals surface area contributed by atoms with Crippen molar-refractivity contribution in [2.75, 3.05) is 23.4 Å². The van der Waals surface area contributed by atoms with E-state index in [-0.39, 0.29) is 11.8 Å². The van der Waals surface area contributed by atoms with Crippen LogP contribution in [-0.4, -0.2) is 42.0 Å². The molecule has 2 saturated heterocycles. The van der Waals surface area contributed by atoms with Crippen LogP contribution in [0.15, 0.2) is 60.8 Å². The average molecular weight is 569 g/mol. The van der Waals surface area contributed by atoms with Crippen LogP contribution in [0.1, 0.15) is 16.7 Å². The maximum atomic E-state index is 14.4. The molecule has 1 spiro atoms. The summed E-state index contributed by atoms with van der Waals surface area (Å²) < 4.78 is 11.4. The molecule has 206 valence electrons. The molecular weight excluding hydrogens is 544 g/mol. The molecule has 0 aliphatic carbocycles. The Hall–Kier alpha value is -4.34. The van der Waals surface area contributed by atoms with Gasteiger partial charge in [-0.05, 0) is 54.8 Å². The largest absolute Gasteiger partial charge is 0.486 e. The topological polar surface area (TPSA) is 113 Å². The number of benzene rings is 3. The molecule has 4 aliphatic rings. The molecule has 3 amide bonds. The van der Waals surface area contributed by atoms with Gasteiger partial charge >= 0.3 is 0 Å². The van der Waals surface area contributed by atoms with Crippen molar-refractivity contribution >= 4 is 51.6 Å². The molecule has 3 N–H and O–H groups in total. The minimum atomic E-state index is -1.46. The molecule has 4 atom stereocenters. The van der Waals surface area contributed by atoms with Crippen molar-refractivity contribution in [3.63, 3.8) is 0 Å². The van der Waals surface area contributed by atoms with Crippen LogP contribution in [0.2, 0.25) is 5.02 Å². The number of nitrogens with zero attached hydrogens (tertiary/aromatic N) is 1. The summed E-state index contributed by atoms with van der Waals surface area (Å²) in [7, 11) is 0. The zero-order valence-corrected chi connectivity index (χ0v) is 22.7. The third-order valence-corrected chi connectivity index (χ3v) is 9.10. The summed E-state index contributed by atoms with van der Waals surface area (Å²) in [4.78, 5) is 47.1. The van der Waals surface area contributed by atoms with Gasteiger partial charge in [-0.25, -0.2) is 4.90 Å². The van der Waals surface area contributed by atoms with E-state index in [1.165, 1.54) is 4.90 Å². The Morgan fingerprint density at radius 2 is 1.80 bits per heavy atom. The SMILES string of the molecule is Cc1cc(Cl)cc2c1NC(=O)[C@@]21N[C@H](Cc2c[nH]c3ccccc23)[C@@H]2C(=O)N(c3ccc4c(c3)OCCO4)C(=O)[C@H]21. The van der Waals surface area contributed by atoms with E-state index in [1.54, 1.807) is 30.3 Å². The molecule has 1 aromatic heterocycles. The molecule has 0 saturated carbocycles. The number of aromatic nitrogens is 1. The van der Waals surface area contributed by atoms with Gasteiger partial charge in [-0.1, -0.05) is 29.8 Å². The molecule has 4 aliphatic heterocycles. The average Bonchev–Trinajstić information content (AvgIpc) is 3.68. The van der Waals surface area contributed by atoms with E-state index in [1.807, 2.05) is 37.4 Å². The summed E-state index contributed by atoms with van der Waals surface area (Å²) in [5.41, 5.74) is 2.90. The number of carbonyl (C=O) groups is 3. The lowest BCUT2D eigenvalue weighted by Crippen LogP contribution is -2.53. The van der Waals surface area contributed by atoms with Gasteiger partial charge in [0.1, 0.15) is 18.8 Å². The molecule has 5 heterocycles. The van der Waals surface area contributed by atoms with Crippen molar-refractivity contribution in [3.05, 3.63) is 82.5 Å². The number of hydrogen-bond donors (Lipinski definition) is 3. The van der Waals surface area contributed by atoms with Gasteiger partial charge in [0.25, 0.3) is 0 Å². The molecule has 10 heteroatoms. The van der Waals surface area contributed by atoms with E-state index in [0.717, 1.165) is 22.0 Å². The van der Waals surface area contributed by atoms with Crippen LogP contribution < -0.4 is 25.0 Å². The highest BCUT2D eigenvalue weighted by atomic mass is 35.5. The second-order valence-electron chi connectivity index (χ2n) is 11.1. The molecule has 0 unspecified atom stereocenters.